The minimum atomic E-state index is -1.34. The second kappa shape index (κ2) is 15.0. The highest BCUT2D eigenvalue weighted by molar-refractivity contribution is 9.09. The molecule has 0 saturated carbocycles. The van der Waals surface area contributed by atoms with Gasteiger partial charge in [0.25, 0.3) is 5.91 Å². The lowest BCUT2D eigenvalue weighted by Crippen LogP contribution is -2.57. The SMILES string of the molecule is C=CCCC(=O)N(C)[C@H](C)[C@H](OC(=O)[C@@H]1[C@H]2O[C@@]3(CC2Br)[C@H](C(=O)N(CC=C)c2c(C)cccc2C)N(CCO)C(=O)[C@@H]13)c1ccccc1. The molecular weight excluding hydrogens is 690 g/mol. The normalized spacial score (nSPS) is 26.5. The largest absolute Gasteiger partial charge is 0.455 e. The van der Waals surface area contributed by atoms with Gasteiger partial charge in [0, 0.05) is 37.1 Å². The molecule has 1 spiro atoms. The number of carbonyl (C=O) groups excluding carboxylic acids is 4. The second-order valence-corrected chi connectivity index (χ2v) is 14.4. The number of alkyl halides is 1. The summed E-state index contributed by atoms with van der Waals surface area (Å²) in [6, 6.07) is 13.3. The monoisotopic (exact) mass is 735 g/mol. The number of β-amino-alcohol motifs (C(OH)–C–C–N with tert-alkyl or cyclic N) is 1. The first kappa shape index (κ1) is 36.5. The highest BCUT2D eigenvalue weighted by atomic mass is 79.9. The van der Waals surface area contributed by atoms with E-state index < -0.39 is 53.6 Å². The van der Waals surface area contributed by atoms with E-state index in [4.69, 9.17) is 9.47 Å². The molecule has 3 amide bonds. The summed E-state index contributed by atoms with van der Waals surface area (Å²) < 4.78 is 13.0. The smallest absolute Gasteiger partial charge is 0.313 e. The van der Waals surface area contributed by atoms with Crippen LogP contribution in [-0.2, 0) is 28.7 Å². The number of benzene rings is 2. The van der Waals surface area contributed by atoms with Gasteiger partial charge in [-0.15, -0.1) is 13.2 Å². The Hall–Kier alpha value is -3.80. The van der Waals surface area contributed by atoms with Crippen molar-refractivity contribution in [3.8, 4) is 0 Å². The number of allylic oxidation sites excluding steroid dienone is 1. The van der Waals surface area contributed by atoms with Gasteiger partial charge >= 0.3 is 5.97 Å². The summed E-state index contributed by atoms with van der Waals surface area (Å²) in [6.45, 7) is 13.0. The van der Waals surface area contributed by atoms with Crippen LogP contribution >= 0.6 is 15.9 Å². The third-order valence-electron chi connectivity index (χ3n) is 10.3. The lowest BCUT2D eigenvalue weighted by atomic mass is 9.70. The van der Waals surface area contributed by atoms with Crippen LogP contribution in [0.3, 0.4) is 0 Å². The first-order valence-corrected chi connectivity index (χ1v) is 17.7. The Morgan fingerprint density at radius 1 is 1.12 bits per heavy atom. The van der Waals surface area contributed by atoms with Crippen molar-refractivity contribution in [2.75, 3.05) is 31.6 Å². The molecular formula is C38H46BrN3O7. The van der Waals surface area contributed by atoms with Crippen LogP contribution in [0.5, 0.6) is 0 Å². The maximum Gasteiger partial charge on any atom is 0.313 e. The number of para-hydroxylation sites is 1. The second-order valence-electron chi connectivity index (χ2n) is 13.2. The number of fused-ring (bicyclic) bond motifs is 1. The third-order valence-corrected chi connectivity index (χ3v) is 11.1. The highest BCUT2D eigenvalue weighted by Crippen LogP contribution is 2.60. The average molecular weight is 737 g/mol. The molecule has 2 bridgehead atoms. The fraction of sp³-hybridized carbons (Fsp3) is 0.474. The fourth-order valence-corrected chi connectivity index (χ4v) is 8.89. The molecule has 2 aromatic carbocycles. The van der Waals surface area contributed by atoms with Gasteiger partial charge < -0.3 is 29.3 Å². The van der Waals surface area contributed by atoms with E-state index in [0.717, 1.165) is 11.1 Å². The molecule has 3 saturated heterocycles. The van der Waals surface area contributed by atoms with E-state index in [0.29, 0.717) is 24.1 Å². The van der Waals surface area contributed by atoms with E-state index in [1.807, 2.05) is 69.3 Å². The third kappa shape index (κ3) is 6.48. The molecule has 0 aromatic heterocycles. The first-order chi connectivity index (χ1) is 23.4. The number of anilines is 1. The molecule has 3 fully saturated rings. The zero-order valence-electron chi connectivity index (χ0n) is 28.6. The van der Waals surface area contributed by atoms with Gasteiger partial charge in [-0.2, -0.15) is 0 Å². The van der Waals surface area contributed by atoms with Gasteiger partial charge in [-0.1, -0.05) is 76.6 Å². The number of ether oxygens (including phenoxy) is 2. The molecule has 1 N–H and O–H groups in total. The fourth-order valence-electron chi connectivity index (χ4n) is 7.95. The molecule has 8 atom stereocenters. The van der Waals surface area contributed by atoms with Crippen LogP contribution in [-0.4, -0.2) is 94.0 Å². The lowest BCUT2D eigenvalue weighted by Gasteiger charge is -2.38. The Bertz CT molecular complexity index is 1580. The zero-order valence-corrected chi connectivity index (χ0v) is 30.2. The van der Waals surface area contributed by atoms with Gasteiger partial charge in [0.1, 0.15) is 17.7 Å². The number of carbonyl (C=O) groups is 4. The molecule has 3 aliphatic heterocycles. The van der Waals surface area contributed by atoms with Gasteiger partial charge in [0.15, 0.2) is 0 Å². The topological polar surface area (TPSA) is 117 Å². The Balaban J connectivity index is 1.52. The van der Waals surface area contributed by atoms with Crippen molar-refractivity contribution < 1.29 is 33.8 Å². The van der Waals surface area contributed by atoms with Crippen LogP contribution in [0.1, 0.15) is 49.0 Å². The van der Waals surface area contributed by atoms with Gasteiger partial charge in [-0.25, -0.2) is 0 Å². The number of likely N-dealkylation sites (N-methyl/N-ethyl adjacent to an activating group) is 1. The number of amides is 3. The first-order valence-electron chi connectivity index (χ1n) is 16.8. The predicted octanol–water partition coefficient (Wildman–Crippen LogP) is 4.66. The van der Waals surface area contributed by atoms with Gasteiger partial charge in [0.05, 0.1) is 30.6 Å². The number of halogens is 1. The van der Waals surface area contributed by atoms with E-state index in [1.165, 1.54) is 4.90 Å². The molecule has 2 aromatic rings. The summed E-state index contributed by atoms with van der Waals surface area (Å²) in [7, 11) is 1.68. The number of nitrogens with zero attached hydrogens (tertiary/aromatic N) is 3. The van der Waals surface area contributed by atoms with Crippen LogP contribution < -0.4 is 4.90 Å². The Kier molecular flexibility index (Phi) is 11.2. The van der Waals surface area contributed by atoms with Gasteiger partial charge in [0.2, 0.25) is 11.8 Å². The lowest BCUT2D eigenvalue weighted by molar-refractivity contribution is -0.164. The van der Waals surface area contributed by atoms with Crippen LogP contribution in [0.4, 0.5) is 5.69 Å². The zero-order chi connectivity index (χ0) is 35.6. The molecule has 49 heavy (non-hydrogen) atoms. The van der Waals surface area contributed by atoms with Crippen molar-refractivity contribution in [1.82, 2.24) is 9.80 Å². The number of hydrogen-bond acceptors (Lipinski definition) is 7. The Labute approximate surface area is 296 Å². The van der Waals surface area contributed by atoms with E-state index in [1.54, 1.807) is 29.0 Å². The van der Waals surface area contributed by atoms with E-state index in [2.05, 4.69) is 29.1 Å². The number of esters is 1. The molecule has 10 nitrogen and oxygen atoms in total. The van der Waals surface area contributed by atoms with Crippen molar-refractivity contribution in [2.24, 2.45) is 11.8 Å². The minimum Gasteiger partial charge on any atom is -0.455 e. The molecule has 0 aliphatic carbocycles. The number of aliphatic hydroxyl groups excluding tert-OH is 1. The summed E-state index contributed by atoms with van der Waals surface area (Å²) in [5, 5.41) is 10.1. The predicted molar refractivity (Wildman–Crippen MR) is 190 cm³/mol. The number of hydrogen-bond donors (Lipinski definition) is 1. The minimum absolute atomic E-state index is 0.105. The molecule has 262 valence electrons. The van der Waals surface area contributed by atoms with Crippen molar-refractivity contribution in [1.29, 1.82) is 0 Å². The molecule has 3 aliphatic rings. The molecule has 3 heterocycles. The van der Waals surface area contributed by atoms with Crippen LogP contribution in [0.25, 0.3) is 0 Å². The van der Waals surface area contributed by atoms with Crippen LogP contribution in [0.2, 0.25) is 0 Å². The van der Waals surface area contributed by atoms with Crippen LogP contribution in [0.15, 0.2) is 73.8 Å². The van der Waals surface area contributed by atoms with Crippen LogP contribution in [0, 0.1) is 25.7 Å². The van der Waals surface area contributed by atoms with E-state index in [9.17, 15) is 24.3 Å². The van der Waals surface area contributed by atoms with Crippen molar-refractivity contribution >= 4 is 45.3 Å². The highest BCUT2D eigenvalue weighted by Gasteiger charge is 2.77. The molecule has 11 heteroatoms. The summed E-state index contributed by atoms with van der Waals surface area (Å²) >= 11 is 3.72. The maximum atomic E-state index is 14.8. The van der Waals surface area contributed by atoms with Crippen molar-refractivity contribution in [3.63, 3.8) is 0 Å². The number of aryl methyl sites for hydroxylation is 2. The van der Waals surface area contributed by atoms with E-state index in [-0.39, 0.29) is 42.8 Å². The van der Waals surface area contributed by atoms with Gasteiger partial charge in [-0.05, 0) is 50.3 Å². The molecule has 5 rings (SSSR count). The quantitative estimate of drug-likeness (QED) is 0.171. The maximum absolute atomic E-state index is 14.8. The Morgan fingerprint density at radius 2 is 1.80 bits per heavy atom. The standard InChI is InChI=1S/C38H46BrN3O7/c1-7-9-18-28(44)40(6)25(5)32(26-16-11-10-12-17-26)48-37(47)29-30-35(45)42(20-21-43)34(38(30)22-27(39)33(29)49-38)36(46)41(19-8-2)31-23(3)14-13-15-24(31)4/h7-8,10-17,25,27,29-30,32-34,43H,1-2,9,18-22H2,3-6H3/t25-,27?,29+,30-,32+,33+,34+,38-/m1/s1. The van der Waals surface area contributed by atoms with Crippen molar-refractivity contribution in [2.45, 2.75) is 74.8 Å². The van der Waals surface area contributed by atoms with E-state index >= 15 is 0 Å². The number of aliphatic hydroxyl groups is 1. The number of rotatable bonds is 14. The van der Waals surface area contributed by atoms with Crippen molar-refractivity contribution in [3.05, 3.63) is 90.5 Å². The average Bonchev–Trinajstić information content (AvgIpc) is 3.68. The van der Waals surface area contributed by atoms with Gasteiger partial charge in [-0.3, -0.25) is 19.2 Å². The summed E-state index contributed by atoms with van der Waals surface area (Å²) in [4.78, 5) is 60.9. The summed E-state index contributed by atoms with van der Waals surface area (Å²) in [5.74, 6) is -3.60. The molecule has 1 unspecified atom stereocenters. The molecule has 0 radical (unpaired) electrons. The summed E-state index contributed by atoms with van der Waals surface area (Å²) in [6.07, 6.45) is 2.83. The Morgan fingerprint density at radius 3 is 2.41 bits per heavy atom. The number of likely N-dealkylation sites (tertiary alicyclic amines) is 1. The summed E-state index contributed by atoms with van der Waals surface area (Å²) in [5.41, 5.74) is 1.84.